The monoisotopic (exact) mass is 400 g/mol. The molecule has 0 unspecified atom stereocenters. The summed E-state index contributed by atoms with van der Waals surface area (Å²) in [5.41, 5.74) is -0.0157. The van der Waals surface area contributed by atoms with Gasteiger partial charge in [0, 0.05) is 25.8 Å². The molecule has 3 N–H and O–H groups in total. The maximum absolute atomic E-state index is 12.5. The number of sulfonamides is 1. The predicted molar refractivity (Wildman–Crippen MR) is 85.5 cm³/mol. The Bertz CT molecular complexity index is 749. The fourth-order valence-electron chi connectivity index (χ4n) is 2.44. The molecule has 0 aliphatic carbocycles. The number of nitrogens with one attached hydrogen (secondary N) is 1. The molecule has 1 fully saturated rings. The molecule has 2 heterocycles. The fourth-order valence-corrected chi connectivity index (χ4v) is 3.66. The Balaban J connectivity index is 1.90. The lowest BCUT2D eigenvalue weighted by molar-refractivity contribution is -0.0496. The largest absolute Gasteiger partial charge is 0.511 e. The molecule has 1 aromatic heterocycles. The third-order valence-electron chi connectivity index (χ3n) is 3.89. The standard InChI is InChI=1S/C13H16ClF3N4O3S/c14-10-5-9(11(18)22)7-20-12(10)19-6-8-1-3-21(4-2-8)25(23,24)13(15,16)17/h5,7-8H,1-4,6H2,(H2,18,22)(H,19,20). The smallest absolute Gasteiger partial charge is 0.369 e. The molecule has 7 nitrogen and oxygen atoms in total. The molecule has 1 amide bonds. The van der Waals surface area contributed by atoms with Gasteiger partial charge in [0.15, 0.2) is 0 Å². The van der Waals surface area contributed by atoms with Crippen LogP contribution in [0.15, 0.2) is 12.3 Å². The quantitative estimate of drug-likeness (QED) is 0.784. The van der Waals surface area contributed by atoms with Gasteiger partial charge in [0.2, 0.25) is 5.91 Å². The van der Waals surface area contributed by atoms with Crippen LogP contribution in [0.4, 0.5) is 19.0 Å². The number of hydrogen-bond donors (Lipinski definition) is 2. The minimum absolute atomic E-state index is 0.0339. The molecule has 0 aromatic carbocycles. The van der Waals surface area contributed by atoms with Crippen molar-refractivity contribution < 1.29 is 26.4 Å². The molecule has 0 spiro atoms. The van der Waals surface area contributed by atoms with E-state index in [1.807, 2.05) is 0 Å². The van der Waals surface area contributed by atoms with Crippen LogP contribution in [0, 0.1) is 5.92 Å². The zero-order valence-corrected chi connectivity index (χ0v) is 14.5. The van der Waals surface area contributed by atoms with Crippen LogP contribution in [0.25, 0.3) is 0 Å². The second-order valence-corrected chi connectivity index (χ2v) is 7.93. The molecular weight excluding hydrogens is 385 g/mol. The van der Waals surface area contributed by atoms with Gasteiger partial charge in [0.1, 0.15) is 5.82 Å². The Morgan fingerprint density at radius 2 is 2.00 bits per heavy atom. The number of carbonyl (C=O) groups is 1. The van der Waals surface area contributed by atoms with Crippen molar-refractivity contribution in [2.75, 3.05) is 25.0 Å². The van der Waals surface area contributed by atoms with Crippen LogP contribution < -0.4 is 11.1 Å². The Hall–Kier alpha value is -1.59. The topological polar surface area (TPSA) is 105 Å². The number of primary amides is 1. The number of nitrogens with two attached hydrogens (primary N) is 1. The maximum Gasteiger partial charge on any atom is 0.511 e. The molecule has 1 aliphatic rings. The van der Waals surface area contributed by atoms with E-state index in [2.05, 4.69) is 10.3 Å². The number of rotatable bonds is 5. The first-order valence-corrected chi connectivity index (χ1v) is 9.10. The Kier molecular flexibility index (Phi) is 5.79. The predicted octanol–water partition coefficient (Wildman–Crippen LogP) is 1.81. The number of aromatic nitrogens is 1. The zero-order chi connectivity index (χ0) is 18.8. The van der Waals surface area contributed by atoms with Gasteiger partial charge < -0.3 is 11.1 Å². The number of carbonyl (C=O) groups excluding carboxylic acids is 1. The number of nitrogens with zero attached hydrogens (tertiary/aromatic N) is 2. The van der Waals surface area contributed by atoms with Crippen molar-refractivity contribution in [1.29, 1.82) is 0 Å². The van der Waals surface area contributed by atoms with Gasteiger partial charge in [-0.15, -0.1) is 0 Å². The van der Waals surface area contributed by atoms with Crippen molar-refractivity contribution in [3.8, 4) is 0 Å². The van der Waals surface area contributed by atoms with Crippen LogP contribution in [0.2, 0.25) is 5.02 Å². The summed E-state index contributed by atoms with van der Waals surface area (Å²) in [7, 11) is -5.27. The number of alkyl halides is 3. The maximum atomic E-state index is 12.5. The van der Waals surface area contributed by atoms with Crippen molar-refractivity contribution in [1.82, 2.24) is 9.29 Å². The lowest BCUT2D eigenvalue weighted by atomic mass is 9.98. The Labute approximate surface area is 147 Å². The molecule has 0 bridgehead atoms. The average molecular weight is 401 g/mol. The summed E-state index contributed by atoms with van der Waals surface area (Å²) in [6.45, 7) is -0.0333. The van der Waals surface area contributed by atoms with Gasteiger partial charge in [-0.3, -0.25) is 4.79 Å². The van der Waals surface area contributed by atoms with Gasteiger partial charge in [0.05, 0.1) is 10.6 Å². The van der Waals surface area contributed by atoms with E-state index in [4.69, 9.17) is 17.3 Å². The van der Waals surface area contributed by atoms with Crippen LogP contribution >= 0.6 is 11.6 Å². The summed E-state index contributed by atoms with van der Waals surface area (Å²) < 4.78 is 60.7. The Morgan fingerprint density at radius 1 is 1.40 bits per heavy atom. The third-order valence-corrected chi connectivity index (χ3v) is 5.81. The molecule has 0 saturated carbocycles. The van der Waals surface area contributed by atoms with Gasteiger partial charge in [-0.2, -0.15) is 17.5 Å². The number of hydrogen-bond acceptors (Lipinski definition) is 5. The number of anilines is 1. The minimum Gasteiger partial charge on any atom is -0.369 e. The number of pyridine rings is 1. The fraction of sp³-hybridized carbons (Fsp3) is 0.538. The molecular formula is C13H16ClF3N4O3S. The van der Waals surface area contributed by atoms with E-state index in [9.17, 15) is 26.4 Å². The second kappa shape index (κ2) is 7.34. The molecule has 0 atom stereocenters. The van der Waals surface area contributed by atoms with Crippen LogP contribution in [0.5, 0.6) is 0 Å². The second-order valence-electron chi connectivity index (χ2n) is 5.59. The van der Waals surface area contributed by atoms with Gasteiger partial charge in [-0.05, 0) is 24.8 Å². The zero-order valence-electron chi connectivity index (χ0n) is 12.9. The number of halogens is 4. The molecule has 0 radical (unpaired) electrons. The van der Waals surface area contributed by atoms with E-state index in [0.29, 0.717) is 16.7 Å². The van der Waals surface area contributed by atoms with Crippen molar-refractivity contribution >= 4 is 33.3 Å². The molecule has 25 heavy (non-hydrogen) atoms. The van der Waals surface area contributed by atoms with Crippen LogP contribution in [-0.4, -0.2) is 48.8 Å². The van der Waals surface area contributed by atoms with E-state index >= 15 is 0 Å². The first-order chi connectivity index (χ1) is 11.5. The van der Waals surface area contributed by atoms with E-state index < -0.39 is 21.4 Å². The SMILES string of the molecule is NC(=O)c1cnc(NCC2CCN(S(=O)(=O)C(F)(F)F)CC2)c(Cl)c1. The van der Waals surface area contributed by atoms with Crippen molar-refractivity contribution in [3.05, 3.63) is 22.8 Å². The van der Waals surface area contributed by atoms with Gasteiger partial charge in [-0.25, -0.2) is 13.4 Å². The number of amides is 1. The minimum atomic E-state index is -5.28. The Morgan fingerprint density at radius 3 is 2.48 bits per heavy atom. The lowest BCUT2D eigenvalue weighted by Crippen LogP contribution is -2.45. The average Bonchev–Trinajstić information content (AvgIpc) is 2.53. The summed E-state index contributed by atoms with van der Waals surface area (Å²) in [5, 5.41) is 3.14. The van der Waals surface area contributed by atoms with Crippen LogP contribution in [0.1, 0.15) is 23.2 Å². The van der Waals surface area contributed by atoms with E-state index in [-0.39, 0.29) is 42.4 Å². The molecule has 1 aliphatic heterocycles. The van der Waals surface area contributed by atoms with Crippen molar-refractivity contribution in [2.45, 2.75) is 18.3 Å². The normalized spacial score (nSPS) is 17.4. The highest BCUT2D eigenvalue weighted by Crippen LogP contribution is 2.30. The summed E-state index contributed by atoms with van der Waals surface area (Å²) in [4.78, 5) is 15.0. The summed E-state index contributed by atoms with van der Waals surface area (Å²) >= 11 is 5.98. The molecule has 140 valence electrons. The van der Waals surface area contributed by atoms with Crippen molar-refractivity contribution in [2.24, 2.45) is 11.7 Å². The summed E-state index contributed by atoms with van der Waals surface area (Å²) in [5.74, 6) is -0.385. The highest BCUT2D eigenvalue weighted by molar-refractivity contribution is 7.90. The lowest BCUT2D eigenvalue weighted by Gasteiger charge is -2.31. The first-order valence-electron chi connectivity index (χ1n) is 7.28. The molecule has 1 saturated heterocycles. The highest BCUT2D eigenvalue weighted by Gasteiger charge is 2.50. The van der Waals surface area contributed by atoms with Crippen molar-refractivity contribution in [3.63, 3.8) is 0 Å². The van der Waals surface area contributed by atoms with Gasteiger partial charge in [0.25, 0.3) is 0 Å². The number of piperidine rings is 1. The van der Waals surface area contributed by atoms with Crippen LogP contribution in [-0.2, 0) is 10.0 Å². The van der Waals surface area contributed by atoms with Crippen LogP contribution in [0.3, 0.4) is 0 Å². The molecule has 1 aromatic rings. The summed E-state index contributed by atoms with van der Waals surface area (Å²) in [6, 6.07) is 1.36. The van der Waals surface area contributed by atoms with Gasteiger partial charge >= 0.3 is 15.5 Å². The first kappa shape index (κ1) is 19.7. The van der Waals surface area contributed by atoms with Gasteiger partial charge in [-0.1, -0.05) is 11.6 Å². The van der Waals surface area contributed by atoms with E-state index in [0.717, 1.165) is 0 Å². The van der Waals surface area contributed by atoms with E-state index in [1.165, 1.54) is 12.3 Å². The molecule has 12 heteroatoms. The molecule has 2 rings (SSSR count). The summed E-state index contributed by atoms with van der Waals surface area (Å²) in [6.07, 6.45) is 1.81. The third kappa shape index (κ3) is 4.53. The highest BCUT2D eigenvalue weighted by atomic mass is 35.5. The van der Waals surface area contributed by atoms with E-state index in [1.54, 1.807) is 0 Å².